The molecule has 1 aromatic carbocycles. The molecule has 0 bridgehead atoms. The largest absolute Gasteiger partial charge is 0.354 e. The Hall–Kier alpha value is -3.09. The number of anilines is 2. The van der Waals surface area contributed by atoms with E-state index in [1.807, 2.05) is 30.9 Å². The molecule has 5 nitrogen and oxygen atoms in total. The zero-order chi connectivity index (χ0) is 20.5. The lowest BCUT2D eigenvalue weighted by Gasteiger charge is -2.34. The number of likely N-dealkylation sites (tertiary alicyclic amines) is 1. The number of nitrogens with zero attached hydrogens (tertiary/aromatic N) is 3. The van der Waals surface area contributed by atoms with E-state index in [-0.39, 0.29) is 17.6 Å². The van der Waals surface area contributed by atoms with Crippen molar-refractivity contribution in [2.24, 2.45) is 0 Å². The fourth-order valence-electron chi connectivity index (χ4n) is 3.79. The summed E-state index contributed by atoms with van der Waals surface area (Å²) in [6, 6.07) is 6.95. The molecule has 3 heterocycles. The number of aryl methyl sites for hydroxylation is 1. The van der Waals surface area contributed by atoms with Crippen LogP contribution in [-0.4, -0.2) is 33.4 Å². The molecule has 0 saturated carbocycles. The van der Waals surface area contributed by atoms with E-state index in [4.69, 9.17) is 0 Å². The topological polar surface area (TPSA) is 58.1 Å². The Balaban J connectivity index is 1.84. The van der Waals surface area contributed by atoms with Gasteiger partial charge in [0.2, 0.25) is 0 Å². The zero-order valence-electron chi connectivity index (χ0n) is 16.4. The second-order valence-electron chi connectivity index (χ2n) is 7.50. The zero-order valence-corrected chi connectivity index (χ0v) is 16.4. The minimum atomic E-state index is -0.697. The summed E-state index contributed by atoms with van der Waals surface area (Å²) in [6.07, 6.45) is 4.50. The molecule has 1 amide bonds. The Labute approximate surface area is 167 Å². The lowest BCUT2D eigenvalue weighted by molar-refractivity contribution is 0.0636. The van der Waals surface area contributed by atoms with E-state index in [1.54, 1.807) is 0 Å². The molecule has 1 fully saturated rings. The van der Waals surface area contributed by atoms with Crippen molar-refractivity contribution in [1.82, 2.24) is 14.9 Å². The van der Waals surface area contributed by atoms with Gasteiger partial charge in [-0.15, -0.1) is 0 Å². The van der Waals surface area contributed by atoms with Gasteiger partial charge in [0.05, 0.1) is 11.3 Å². The molecule has 1 aliphatic rings. The molecule has 7 heteroatoms. The van der Waals surface area contributed by atoms with Crippen LogP contribution in [0.25, 0.3) is 11.0 Å². The summed E-state index contributed by atoms with van der Waals surface area (Å²) in [5.41, 5.74) is 2.29. The van der Waals surface area contributed by atoms with Crippen LogP contribution < -0.4 is 5.32 Å². The van der Waals surface area contributed by atoms with Crippen molar-refractivity contribution in [3.63, 3.8) is 0 Å². The molecule has 0 spiro atoms. The van der Waals surface area contributed by atoms with E-state index in [9.17, 15) is 13.6 Å². The Kier molecular flexibility index (Phi) is 5.13. The fourth-order valence-corrected chi connectivity index (χ4v) is 3.79. The van der Waals surface area contributed by atoms with Gasteiger partial charge in [-0.3, -0.25) is 4.79 Å². The number of hydrogen-bond donors (Lipinski definition) is 1. The van der Waals surface area contributed by atoms with Crippen LogP contribution in [0.1, 0.15) is 42.2 Å². The lowest BCUT2D eigenvalue weighted by atomic mass is 10.0. The van der Waals surface area contributed by atoms with E-state index < -0.39 is 11.6 Å². The number of benzene rings is 1. The third-order valence-corrected chi connectivity index (χ3v) is 5.30. The summed E-state index contributed by atoms with van der Waals surface area (Å²) in [5.74, 6) is -1.54. The van der Waals surface area contributed by atoms with E-state index in [0.717, 1.165) is 31.0 Å². The standard InChI is InChI=1S/C22H22F2N4O/c1-13-6-7-18-20(27-17-10-15(23)9-16(24)11-17)19(12-25-21(18)26-13)22(29)28-8-4-3-5-14(28)2/h6-7,9-12,14H,3-5,8H2,1-2H3,(H,25,26,27)/t14-/m1/s1. The van der Waals surface area contributed by atoms with Crippen LogP contribution in [0.2, 0.25) is 0 Å². The number of carbonyl (C=O) groups excluding carboxylic acids is 1. The van der Waals surface area contributed by atoms with E-state index in [0.29, 0.717) is 28.8 Å². The van der Waals surface area contributed by atoms with Crippen LogP contribution in [-0.2, 0) is 0 Å². The quantitative estimate of drug-likeness (QED) is 0.679. The van der Waals surface area contributed by atoms with Crippen molar-refractivity contribution in [2.75, 3.05) is 11.9 Å². The summed E-state index contributed by atoms with van der Waals surface area (Å²) >= 11 is 0. The minimum Gasteiger partial charge on any atom is -0.354 e. The van der Waals surface area contributed by atoms with Gasteiger partial charge in [-0.05, 0) is 57.4 Å². The van der Waals surface area contributed by atoms with E-state index in [2.05, 4.69) is 15.3 Å². The van der Waals surface area contributed by atoms with E-state index in [1.165, 1.54) is 18.3 Å². The number of piperidine rings is 1. The van der Waals surface area contributed by atoms with Crippen molar-refractivity contribution in [1.29, 1.82) is 0 Å². The van der Waals surface area contributed by atoms with Gasteiger partial charge < -0.3 is 10.2 Å². The van der Waals surface area contributed by atoms with Crippen LogP contribution >= 0.6 is 0 Å². The summed E-state index contributed by atoms with van der Waals surface area (Å²) in [7, 11) is 0. The van der Waals surface area contributed by atoms with Gasteiger partial charge in [0.25, 0.3) is 5.91 Å². The average molecular weight is 396 g/mol. The summed E-state index contributed by atoms with van der Waals surface area (Å²) in [4.78, 5) is 24.0. The minimum absolute atomic E-state index is 0.127. The molecule has 4 rings (SSSR count). The SMILES string of the molecule is Cc1ccc2c(Nc3cc(F)cc(F)c3)c(C(=O)N3CCCC[C@H]3C)cnc2n1. The number of nitrogens with one attached hydrogen (secondary N) is 1. The van der Waals surface area contributed by atoms with Gasteiger partial charge >= 0.3 is 0 Å². The van der Waals surface area contributed by atoms with Crippen molar-refractivity contribution >= 4 is 28.3 Å². The lowest BCUT2D eigenvalue weighted by Crippen LogP contribution is -2.42. The van der Waals surface area contributed by atoms with Crippen LogP contribution in [0, 0.1) is 18.6 Å². The van der Waals surface area contributed by atoms with Gasteiger partial charge in [0.15, 0.2) is 5.65 Å². The fraction of sp³-hybridized carbons (Fsp3) is 0.318. The highest BCUT2D eigenvalue weighted by atomic mass is 19.1. The maximum absolute atomic E-state index is 13.7. The third kappa shape index (κ3) is 3.90. The van der Waals surface area contributed by atoms with Crippen molar-refractivity contribution in [2.45, 2.75) is 39.2 Å². The molecule has 1 saturated heterocycles. The number of aromatic nitrogens is 2. The molecule has 29 heavy (non-hydrogen) atoms. The maximum atomic E-state index is 13.7. The van der Waals surface area contributed by atoms with Crippen LogP contribution in [0.3, 0.4) is 0 Å². The van der Waals surface area contributed by atoms with Crippen molar-refractivity contribution in [3.05, 3.63) is 59.4 Å². The normalized spacial score (nSPS) is 16.8. The number of carbonyl (C=O) groups is 1. The number of rotatable bonds is 3. The number of halogens is 2. The molecule has 0 radical (unpaired) electrons. The van der Waals surface area contributed by atoms with Gasteiger partial charge in [-0.25, -0.2) is 18.7 Å². The monoisotopic (exact) mass is 396 g/mol. The number of pyridine rings is 2. The van der Waals surface area contributed by atoms with Gasteiger partial charge in [-0.2, -0.15) is 0 Å². The van der Waals surface area contributed by atoms with Crippen molar-refractivity contribution in [3.8, 4) is 0 Å². The first-order chi connectivity index (χ1) is 13.9. The summed E-state index contributed by atoms with van der Waals surface area (Å²) in [5, 5.41) is 3.67. The smallest absolute Gasteiger partial charge is 0.257 e. The highest BCUT2D eigenvalue weighted by Gasteiger charge is 2.27. The average Bonchev–Trinajstić information content (AvgIpc) is 2.67. The predicted molar refractivity (Wildman–Crippen MR) is 108 cm³/mol. The van der Waals surface area contributed by atoms with Crippen LogP contribution in [0.5, 0.6) is 0 Å². The Morgan fingerprint density at radius 1 is 1.17 bits per heavy atom. The molecular formula is C22H22F2N4O. The molecule has 1 N–H and O–H groups in total. The molecule has 1 atom stereocenters. The number of hydrogen-bond acceptors (Lipinski definition) is 4. The molecule has 1 aliphatic heterocycles. The van der Waals surface area contributed by atoms with Crippen molar-refractivity contribution < 1.29 is 13.6 Å². The Morgan fingerprint density at radius 3 is 2.66 bits per heavy atom. The van der Waals surface area contributed by atoms with Gasteiger partial charge in [0, 0.05) is 41.6 Å². The summed E-state index contributed by atoms with van der Waals surface area (Å²) < 4.78 is 27.4. The third-order valence-electron chi connectivity index (χ3n) is 5.30. The molecule has 2 aromatic heterocycles. The molecule has 150 valence electrons. The maximum Gasteiger partial charge on any atom is 0.257 e. The molecule has 3 aromatic rings. The Morgan fingerprint density at radius 2 is 1.93 bits per heavy atom. The van der Waals surface area contributed by atoms with Gasteiger partial charge in [-0.1, -0.05) is 0 Å². The van der Waals surface area contributed by atoms with Crippen LogP contribution in [0.4, 0.5) is 20.2 Å². The predicted octanol–water partition coefficient (Wildman–Crippen LogP) is 4.97. The first-order valence-corrected chi connectivity index (χ1v) is 9.73. The molecule has 0 unspecified atom stereocenters. The highest BCUT2D eigenvalue weighted by Crippen LogP contribution is 2.31. The highest BCUT2D eigenvalue weighted by molar-refractivity contribution is 6.07. The molecular weight excluding hydrogens is 374 g/mol. The van der Waals surface area contributed by atoms with Crippen LogP contribution in [0.15, 0.2) is 36.5 Å². The first kappa shape index (κ1) is 19.2. The van der Waals surface area contributed by atoms with E-state index >= 15 is 0 Å². The Bertz CT molecular complexity index is 1070. The second kappa shape index (κ2) is 7.73. The first-order valence-electron chi connectivity index (χ1n) is 9.73. The summed E-state index contributed by atoms with van der Waals surface area (Å²) in [6.45, 7) is 4.56. The van der Waals surface area contributed by atoms with Gasteiger partial charge in [0.1, 0.15) is 11.6 Å². The second-order valence-corrected chi connectivity index (χ2v) is 7.50. The molecule has 0 aliphatic carbocycles. The number of fused-ring (bicyclic) bond motifs is 1. The number of amides is 1.